The molecule has 0 unspecified atom stereocenters. The third-order valence-corrected chi connectivity index (χ3v) is 5.65. The predicted molar refractivity (Wildman–Crippen MR) is 134 cm³/mol. The Morgan fingerprint density at radius 2 is 1.50 bits per heavy atom. The molecule has 0 aliphatic carbocycles. The first-order chi connectivity index (χ1) is 15.3. The van der Waals surface area contributed by atoms with Gasteiger partial charge in [0.15, 0.2) is 5.84 Å². The molecule has 5 heteroatoms. The lowest BCUT2D eigenvalue weighted by molar-refractivity contribution is 0.415. The molecule has 0 amide bonds. The lowest BCUT2D eigenvalue weighted by Gasteiger charge is -2.19. The zero-order chi connectivity index (χ0) is 22.9. The molecule has 3 aromatic rings. The van der Waals surface area contributed by atoms with Crippen LogP contribution < -0.4 is 15.1 Å². The van der Waals surface area contributed by atoms with Gasteiger partial charge in [0.05, 0.1) is 12.8 Å². The van der Waals surface area contributed by atoms with Crippen LogP contribution in [0.1, 0.15) is 43.0 Å². The highest BCUT2D eigenvalue weighted by Crippen LogP contribution is 2.30. The molecule has 3 aromatic carbocycles. The van der Waals surface area contributed by atoms with Crippen LogP contribution in [0.2, 0.25) is 0 Å². The van der Waals surface area contributed by atoms with Crippen LogP contribution in [0.5, 0.6) is 5.75 Å². The van der Waals surface area contributed by atoms with Gasteiger partial charge in [0.25, 0.3) is 0 Å². The summed E-state index contributed by atoms with van der Waals surface area (Å²) in [6.45, 7) is 6.64. The minimum Gasteiger partial charge on any atom is -0.497 e. The highest BCUT2D eigenvalue weighted by molar-refractivity contribution is 6.18. The quantitative estimate of drug-likeness (QED) is 0.600. The molecule has 0 aromatic heterocycles. The Labute approximate surface area is 190 Å². The Kier molecular flexibility index (Phi) is 5.74. The lowest BCUT2D eigenvalue weighted by atomic mass is 9.86. The van der Waals surface area contributed by atoms with E-state index in [0.717, 1.165) is 45.4 Å². The molecule has 1 heterocycles. The molecule has 0 fully saturated rings. The molecule has 0 radical (unpaired) electrons. The Morgan fingerprint density at radius 3 is 2.09 bits per heavy atom. The first kappa shape index (κ1) is 21.6. The van der Waals surface area contributed by atoms with Crippen LogP contribution in [-0.4, -0.2) is 32.8 Å². The van der Waals surface area contributed by atoms with E-state index in [4.69, 9.17) is 14.8 Å². The van der Waals surface area contributed by atoms with Crippen molar-refractivity contribution in [2.24, 2.45) is 10.1 Å². The van der Waals surface area contributed by atoms with Crippen LogP contribution in [0.3, 0.4) is 0 Å². The van der Waals surface area contributed by atoms with Gasteiger partial charge in [-0.1, -0.05) is 57.2 Å². The summed E-state index contributed by atoms with van der Waals surface area (Å²) >= 11 is 0. The Morgan fingerprint density at radius 1 is 0.844 bits per heavy atom. The average molecular weight is 427 g/mol. The minimum atomic E-state index is 0.102. The number of nitrogens with zero attached hydrogens (tertiary/aromatic N) is 3. The molecule has 5 nitrogen and oxygen atoms in total. The Bertz CT molecular complexity index is 1170. The fraction of sp³-hybridized carbons (Fsp3) is 0.259. The van der Waals surface area contributed by atoms with Gasteiger partial charge in [-0.3, -0.25) is 5.43 Å². The van der Waals surface area contributed by atoms with Gasteiger partial charge in [-0.15, -0.1) is 0 Å². The number of hydrazone groups is 1. The predicted octanol–water partition coefficient (Wildman–Crippen LogP) is 5.49. The van der Waals surface area contributed by atoms with E-state index < -0.39 is 0 Å². The molecule has 1 aliphatic rings. The molecule has 4 rings (SSSR count). The van der Waals surface area contributed by atoms with Crippen molar-refractivity contribution in [1.29, 1.82) is 0 Å². The zero-order valence-corrected chi connectivity index (χ0v) is 19.6. The van der Waals surface area contributed by atoms with E-state index in [-0.39, 0.29) is 5.41 Å². The summed E-state index contributed by atoms with van der Waals surface area (Å²) < 4.78 is 5.48. The van der Waals surface area contributed by atoms with Gasteiger partial charge < -0.3 is 9.64 Å². The third-order valence-electron chi connectivity index (χ3n) is 5.65. The average Bonchev–Trinajstić information content (AvgIpc) is 2.98. The number of ether oxygens (including phenoxy) is 1. The summed E-state index contributed by atoms with van der Waals surface area (Å²) in [5.41, 5.74) is 10.3. The maximum absolute atomic E-state index is 5.48. The van der Waals surface area contributed by atoms with Crippen molar-refractivity contribution in [2.75, 3.05) is 26.1 Å². The number of nitrogens with one attached hydrogen (secondary N) is 1. The van der Waals surface area contributed by atoms with Gasteiger partial charge in [-0.25, -0.2) is 4.99 Å². The Hall–Kier alpha value is -3.60. The first-order valence-electron chi connectivity index (χ1n) is 10.8. The SMILES string of the molecule is COc1ccc2c(c1)C(c1ccc(N(C)C)cc1)=NNC(c1ccc(C(C)(C)C)cc1)=N2. The molecule has 0 spiro atoms. The molecule has 0 atom stereocenters. The van der Waals surface area contributed by atoms with E-state index in [1.807, 2.05) is 32.3 Å². The number of amidine groups is 1. The second-order valence-corrected chi connectivity index (χ2v) is 9.18. The molecule has 1 aliphatic heterocycles. The van der Waals surface area contributed by atoms with E-state index in [1.54, 1.807) is 7.11 Å². The number of anilines is 1. The number of hydrogen-bond acceptors (Lipinski definition) is 5. The molecule has 0 saturated carbocycles. The van der Waals surface area contributed by atoms with Crippen LogP contribution in [0.4, 0.5) is 11.4 Å². The topological polar surface area (TPSA) is 49.2 Å². The van der Waals surface area contributed by atoms with Crippen molar-refractivity contribution in [3.05, 3.63) is 89.0 Å². The fourth-order valence-corrected chi connectivity index (χ4v) is 3.64. The smallest absolute Gasteiger partial charge is 0.154 e. The summed E-state index contributed by atoms with van der Waals surface area (Å²) in [5.74, 6) is 1.49. The number of methoxy groups -OCH3 is 1. The van der Waals surface area contributed by atoms with Gasteiger partial charge in [0.1, 0.15) is 11.5 Å². The van der Waals surface area contributed by atoms with Crippen molar-refractivity contribution in [1.82, 2.24) is 5.43 Å². The largest absolute Gasteiger partial charge is 0.497 e. The third kappa shape index (κ3) is 4.37. The van der Waals surface area contributed by atoms with Gasteiger partial charge in [0.2, 0.25) is 0 Å². The van der Waals surface area contributed by atoms with Crippen LogP contribution in [0.25, 0.3) is 0 Å². The standard InChI is InChI=1S/C27H30N4O/c1-27(2,3)20-11-7-19(8-12-20)26-28-24-16-15-22(32-6)17-23(24)25(29-30-26)18-9-13-21(14-10-18)31(4)5/h7-17H,1-6H3,(H,28,30). The summed E-state index contributed by atoms with van der Waals surface area (Å²) in [6.07, 6.45) is 0. The van der Waals surface area contributed by atoms with Gasteiger partial charge in [-0.05, 0) is 41.3 Å². The summed E-state index contributed by atoms with van der Waals surface area (Å²) in [7, 11) is 5.74. The fourth-order valence-electron chi connectivity index (χ4n) is 3.64. The summed E-state index contributed by atoms with van der Waals surface area (Å²) in [5, 5.41) is 4.78. The van der Waals surface area contributed by atoms with E-state index in [1.165, 1.54) is 5.56 Å². The van der Waals surface area contributed by atoms with E-state index in [0.29, 0.717) is 0 Å². The summed E-state index contributed by atoms with van der Waals surface area (Å²) in [6, 6.07) is 22.8. The Balaban J connectivity index is 1.78. The van der Waals surface area contributed by atoms with Crippen LogP contribution in [0.15, 0.2) is 76.8 Å². The normalized spacial score (nSPS) is 13.3. The number of hydrogen-bond donors (Lipinski definition) is 1. The number of aliphatic imine (C=N–C) groups is 1. The van der Waals surface area contributed by atoms with Crippen LogP contribution in [0, 0.1) is 0 Å². The van der Waals surface area contributed by atoms with E-state index >= 15 is 0 Å². The lowest BCUT2D eigenvalue weighted by Crippen LogP contribution is -2.20. The molecular weight excluding hydrogens is 396 g/mol. The number of benzene rings is 3. The maximum Gasteiger partial charge on any atom is 0.154 e. The van der Waals surface area contributed by atoms with Crippen LogP contribution >= 0.6 is 0 Å². The van der Waals surface area contributed by atoms with Crippen molar-refractivity contribution in [3.63, 3.8) is 0 Å². The van der Waals surface area contributed by atoms with Crippen molar-refractivity contribution in [2.45, 2.75) is 26.2 Å². The molecule has 164 valence electrons. The number of rotatable bonds is 4. The van der Waals surface area contributed by atoms with Crippen LogP contribution in [-0.2, 0) is 5.41 Å². The molecule has 32 heavy (non-hydrogen) atoms. The van der Waals surface area contributed by atoms with Crippen molar-refractivity contribution >= 4 is 22.9 Å². The highest BCUT2D eigenvalue weighted by Gasteiger charge is 2.19. The molecule has 1 N–H and O–H groups in total. The van der Waals surface area contributed by atoms with Crippen molar-refractivity contribution in [3.8, 4) is 5.75 Å². The van der Waals surface area contributed by atoms with E-state index in [9.17, 15) is 0 Å². The second kappa shape index (κ2) is 8.50. The van der Waals surface area contributed by atoms with Gasteiger partial charge in [0, 0.05) is 36.5 Å². The van der Waals surface area contributed by atoms with Gasteiger partial charge in [-0.2, -0.15) is 5.10 Å². The van der Waals surface area contributed by atoms with Gasteiger partial charge >= 0.3 is 0 Å². The second-order valence-electron chi connectivity index (χ2n) is 9.18. The van der Waals surface area contributed by atoms with Crippen molar-refractivity contribution < 1.29 is 4.74 Å². The minimum absolute atomic E-state index is 0.102. The highest BCUT2D eigenvalue weighted by atomic mass is 16.5. The molecule has 0 bridgehead atoms. The first-order valence-corrected chi connectivity index (χ1v) is 10.8. The molecular formula is C27H30N4O. The van der Waals surface area contributed by atoms with E-state index in [2.05, 4.69) is 79.6 Å². The number of fused-ring (bicyclic) bond motifs is 1. The summed E-state index contributed by atoms with van der Waals surface area (Å²) in [4.78, 5) is 7.01. The molecule has 0 saturated heterocycles. The zero-order valence-electron chi connectivity index (χ0n) is 19.6. The maximum atomic E-state index is 5.48. The monoisotopic (exact) mass is 426 g/mol.